The Balaban J connectivity index is 3.37. The Morgan fingerprint density at radius 2 is 1.82 bits per heavy atom. The fraction of sp³-hybridized carbons (Fsp3) is 0.400. The first kappa shape index (κ1) is 18.2. The van der Waals surface area contributed by atoms with E-state index in [1.807, 2.05) is 13.8 Å². The van der Waals surface area contributed by atoms with Crippen molar-refractivity contribution in [3.8, 4) is 5.75 Å². The molecule has 0 aromatic heterocycles. The first-order chi connectivity index (χ1) is 10.2. The second-order valence-corrected chi connectivity index (χ2v) is 7.68. The topological polar surface area (TPSA) is 95.7 Å². The molecule has 0 aliphatic carbocycles. The normalized spacial score (nSPS) is 13.9. The maximum atomic E-state index is 12.8. The molecule has 7 heteroatoms. The SMILES string of the molecule is COc1ccc(S(=O)(=O)C(C)(CC=C(C)C)C(=O)ON)cc1. The first-order valence-electron chi connectivity index (χ1n) is 6.62. The number of benzene rings is 1. The van der Waals surface area contributed by atoms with E-state index in [4.69, 9.17) is 10.6 Å². The summed E-state index contributed by atoms with van der Waals surface area (Å²) in [5.74, 6) is 4.45. The molecule has 0 saturated carbocycles. The van der Waals surface area contributed by atoms with Crippen molar-refractivity contribution in [2.75, 3.05) is 7.11 Å². The molecule has 0 spiro atoms. The molecule has 1 atom stereocenters. The number of hydrogen-bond donors (Lipinski definition) is 1. The smallest absolute Gasteiger partial charge is 0.346 e. The molecular formula is C15H21NO5S. The van der Waals surface area contributed by atoms with E-state index in [9.17, 15) is 13.2 Å². The van der Waals surface area contributed by atoms with Crippen LogP contribution in [0.25, 0.3) is 0 Å². The van der Waals surface area contributed by atoms with Crippen LogP contribution >= 0.6 is 0 Å². The van der Waals surface area contributed by atoms with Gasteiger partial charge in [-0.25, -0.2) is 13.2 Å². The average molecular weight is 327 g/mol. The van der Waals surface area contributed by atoms with E-state index in [1.165, 1.54) is 38.3 Å². The molecule has 0 heterocycles. The maximum absolute atomic E-state index is 12.8. The van der Waals surface area contributed by atoms with Crippen molar-refractivity contribution in [3.63, 3.8) is 0 Å². The summed E-state index contributed by atoms with van der Waals surface area (Å²) < 4.78 is 28.9. The van der Waals surface area contributed by atoms with Crippen molar-refractivity contribution < 1.29 is 22.8 Å². The number of ether oxygens (including phenoxy) is 1. The number of hydrogen-bond acceptors (Lipinski definition) is 6. The third kappa shape index (κ3) is 3.48. The van der Waals surface area contributed by atoms with E-state index < -0.39 is 20.6 Å². The van der Waals surface area contributed by atoms with Crippen LogP contribution < -0.4 is 10.6 Å². The fourth-order valence-corrected chi connectivity index (χ4v) is 3.43. The lowest BCUT2D eigenvalue weighted by atomic mass is 10.1. The Morgan fingerprint density at radius 1 is 1.27 bits per heavy atom. The fourth-order valence-electron chi connectivity index (χ4n) is 1.84. The van der Waals surface area contributed by atoms with E-state index in [-0.39, 0.29) is 11.3 Å². The van der Waals surface area contributed by atoms with Gasteiger partial charge >= 0.3 is 5.97 Å². The van der Waals surface area contributed by atoms with Gasteiger partial charge in [0.15, 0.2) is 14.6 Å². The van der Waals surface area contributed by atoms with Crippen molar-refractivity contribution in [1.29, 1.82) is 0 Å². The van der Waals surface area contributed by atoms with Gasteiger partial charge in [-0.1, -0.05) is 11.6 Å². The highest BCUT2D eigenvalue weighted by atomic mass is 32.2. The molecule has 6 nitrogen and oxygen atoms in total. The minimum absolute atomic E-state index is 0.00311. The van der Waals surface area contributed by atoms with Gasteiger partial charge in [0.1, 0.15) is 5.75 Å². The monoisotopic (exact) mass is 327 g/mol. The number of carbonyl (C=O) groups is 1. The number of nitrogens with two attached hydrogens (primary N) is 1. The molecule has 0 radical (unpaired) electrons. The van der Waals surface area contributed by atoms with Crippen LogP contribution in [-0.4, -0.2) is 26.2 Å². The van der Waals surface area contributed by atoms with Crippen LogP contribution in [-0.2, 0) is 19.5 Å². The largest absolute Gasteiger partial charge is 0.497 e. The van der Waals surface area contributed by atoms with Crippen molar-refractivity contribution in [2.45, 2.75) is 36.8 Å². The molecule has 1 rings (SSSR count). The molecule has 0 aliphatic rings. The summed E-state index contributed by atoms with van der Waals surface area (Å²) in [6, 6.07) is 5.81. The zero-order chi connectivity index (χ0) is 17.0. The Morgan fingerprint density at radius 3 is 2.23 bits per heavy atom. The molecule has 0 amide bonds. The molecule has 2 N–H and O–H groups in total. The number of carbonyl (C=O) groups excluding carboxylic acids is 1. The highest BCUT2D eigenvalue weighted by Gasteiger charge is 2.48. The molecule has 1 aromatic rings. The number of allylic oxidation sites excluding steroid dienone is 2. The van der Waals surface area contributed by atoms with Gasteiger partial charge in [0.05, 0.1) is 12.0 Å². The zero-order valence-corrected chi connectivity index (χ0v) is 13.9. The Bertz CT molecular complexity index is 660. The Labute approximate surface area is 130 Å². The predicted molar refractivity (Wildman–Crippen MR) is 82.9 cm³/mol. The lowest BCUT2D eigenvalue weighted by molar-refractivity contribution is -0.146. The minimum Gasteiger partial charge on any atom is -0.497 e. The van der Waals surface area contributed by atoms with E-state index in [1.54, 1.807) is 6.08 Å². The summed E-state index contributed by atoms with van der Waals surface area (Å²) >= 11 is 0. The highest BCUT2D eigenvalue weighted by molar-refractivity contribution is 7.93. The predicted octanol–water partition coefficient (Wildman–Crippen LogP) is 2.00. The van der Waals surface area contributed by atoms with Crippen LogP contribution in [0.2, 0.25) is 0 Å². The molecule has 0 fully saturated rings. The molecule has 122 valence electrons. The number of rotatable bonds is 6. The van der Waals surface area contributed by atoms with Crippen LogP contribution in [0, 0.1) is 0 Å². The van der Waals surface area contributed by atoms with Gasteiger partial charge in [-0.2, -0.15) is 5.90 Å². The van der Waals surface area contributed by atoms with Gasteiger partial charge in [-0.3, -0.25) is 0 Å². The van der Waals surface area contributed by atoms with E-state index in [0.29, 0.717) is 5.75 Å². The van der Waals surface area contributed by atoms with Crippen molar-refractivity contribution in [2.24, 2.45) is 5.90 Å². The lowest BCUT2D eigenvalue weighted by Crippen LogP contribution is -2.45. The third-order valence-corrected chi connectivity index (χ3v) is 5.81. The van der Waals surface area contributed by atoms with Crippen LogP contribution in [0.4, 0.5) is 0 Å². The van der Waals surface area contributed by atoms with E-state index in [0.717, 1.165) is 5.57 Å². The van der Waals surface area contributed by atoms with Crippen LogP contribution in [0.15, 0.2) is 40.8 Å². The summed E-state index contributed by atoms with van der Waals surface area (Å²) in [6.07, 6.45) is 1.64. The van der Waals surface area contributed by atoms with Crippen molar-refractivity contribution in [1.82, 2.24) is 0 Å². The minimum atomic E-state index is -3.99. The van der Waals surface area contributed by atoms with Gasteiger partial charge in [0.2, 0.25) is 0 Å². The summed E-state index contributed by atoms with van der Waals surface area (Å²) in [5.41, 5.74) is 0.890. The van der Waals surface area contributed by atoms with Gasteiger partial charge < -0.3 is 9.57 Å². The Kier molecular flexibility index (Phi) is 5.73. The van der Waals surface area contributed by atoms with Crippen LogP contribution in [0.3, 0.4) is 0 Å². The molecule has 0 saturated heterocycles. The van der Waals surface area contributed by atoms with Gasteiger partial charge in [-0.15, -0.1) is 0 Å². The lowest BCUT2D eigenvalue weighted by Gasteiger charge is -2.25. The summed E-state index contributed by atoms with van der Waals surface area (Å²) in [4.78, 5) is 16.2. The summed E-state index contributed by atoms with van der Waals surface area (Å²) in [5, 5.41) is 0. The van der Waals surface area contributed by atoms with E-state index >= 15 is 0 Å². The highest BCUT2D eigenvalue weighted by Crippen LogP contribution is 2.31. The quantitative estimate of drug-likeness (QED) is 0.634. The van der Waals surface area contributed by atoms with Gasteiger partial charge in [-0.05, 0) is 51.5 Å². The second kappa shape index (κ2) is 6.93. The average Bonchev–Trinajstić information content (AvgIpc) is 2.51. The molecule has 22 heavy (non-hydrogen) atoms. The van der Waals surface area contributed by atoms with Crippen LogP contribution in [0.5, 0.6) is 5.75 Å². The first-order valence-corrected chi connectivity index (χ1v) is 8.10. The van der Waals surface area contributed by atoms with Gasteiger partial charge in [0.25, 0.3) is 0 Å². The summed E-state index contributed by atoms with van der Waals surface area (Å²) in [6.45, 7) is 4.93. The molecule has 1 aromatic carbocycles. The third-order valence-electron chi connectivity index (χ3n) is 3.40. The van der Waals surface area contributed by atoms with Crippen molar-refractivity contribution >= 4 is 15.8 Å². The summed E-state index contributed by atoms with van der Waals surface area (Å²) in [7, 11) is -2.51. The maximum Gasteiger partial charge on any atom is 0.346 e. The second-order valence-electron chi connectivity index (χ2n) is 5.30. The molecule has 0 bridgehead atoms. The molecule has 0 aliphatic heterocycles. The van der Waals surface area contributed by atoms with Crippen LogP contribution in [0.1, 0.15) is 27.2 Å². The number of sulfone groups is 1. The Hall–Kier alpha value is -1.86. The van der Waals surface area contributed by atoms with Crippen molar-refractivity contribution in [3.05, 3.63) is 35.9 Å². The molecule has 1 unspecified atom stereocenters. The standard InChI is InChI=1S/C15H21NO5S/c1-11(2)9-10-15(3,14(17)21-16)22(18,19)13-7-5-12(20-4)6-8-13/h5-9H,10,16H2,1-4H3. The van der Waals surface area contributed by atoms with E-state index in [2.05, 4.69) is 4.84 Å². The zero-order valence-electron chi connectivity index (χ0n) is 13.1. The van der Waals surface area contributed by atoms with Gasteiger partial charge in [0, 0.05) is 0 Å². The number of methoxy groups -OCH3 is 1. The molecular weight excluding hydrogens is 306 g/mol.